The largest absolute Gasteiger partial charge is 0.368 e. The number of Topliss-reactive ketones (excluding diaryl/α,β-unsaturated/α-hetero) is 2. The van der Waals surface area contributed by atoms with E-state index >= 15 is 0 Å². The lowest BCUT2D eigenvalue weighted by Crippen LogP contribution is -2.38. The van der Waals surface area contributed by atoms with Crippen molar-refractivity contribution in [3.8, 4) is 0 Å². The molecule has 0 bridgehead atoms. The number of rotatable bonds is 3. The fourth-order valence-electron chi connectivity index (χ4n) is 1.82. The number of carbonyl (C=O) groups is 3. The summed E-state index contributed by atoms with van der Waals surface area (Å²) in [7, 11) is 0. The molecule has 0 saturated heterocycles. The van der Waals surface area contributed by atoms with Gasteiger partial charge in [0.2, 0.25) is 5.91 Å². The molecule has 0 radical (unpaired) electrons. The molecule has 88 valence electrons. The van der Waals surface area contributed by atoms with E-state index in [2.05, 4.69) is 4.99 Å². The molecule has 1 amide bonds. The Morgan fingerprint density at radius 1 is 1.44 bits per heavy atom. The Bertz CT molecular complexity index is 338. The van der Waals surface area contributed by atoms with Crippen LogP contribution in [0.5, 0.6) is 0 Å². The third-order valence-electron chi connectivity index (χ3n) is 2.50. The highest BCUT2D eigenvalue weighted by Gasteiger charge is 2.38. The van der Waals surface area contributed by atoms with Crippen LogP contribution in [-0.2, 0) is 14.4 Å². The zero-order valence-electron chi connectivity index (χ0n) is 9.53. The number of primary amides is 1. The summed E-state index contributed by atoms with van der Waals surface area (Å²) in [6.07, 6.45) is 1.99. The predicted octanol–water partition coefficient (Wildman–Crippen LogP) is 0.117. The molecule has 0 atom stereocenters. The minimum absolute atomic E-state index is 0.130. The van der Waals surface area contributed by atoms with Crippen molar-refractivity contribution in [2.24, 2.45) is 22.1 Å². The van der Waals surface area contributed by atoms with Crippen LogP contribution in [0.25, 0.3) is 0 Å². The van der Waals surface area contributed by atoms with Gasteiger partial charge in [0.05, 0.1) is 0 Å². The lowest BCUT2D eigenvalue weighted by Gasteiger charge is -2.30. The normalized spacial score (nSPS) is 21.6. The first-order chi connectivity index (χ1) is 7.32. The van der Waals surface area contributed by atoms with Gasteiger partial charge in [0.25, 0.3) is 0 Å². The number of aliphatic imine (C=N–C) groups is 1. The quantitative estimate of drug-likeness (QED) is 0.545. The summed E-state index contributed by atoms with van der Waals surface area (Å²) >= 11 is 0. The van der Waals surface area contributed by atoms with Crippen LogP contribution >= 0.6 is 0 Å². The van der Waals surface area contributed by atoms with Crippen molar-refractivity contribution in [2.45, 2.75) is 26.7 Å². The monoisotopic (exact) mass is 224 g/mol. The molecular formula is C11H16N2O3. The van der Waals surface area contributed by atoms with Gasteiger partial charge in [-0.3, -0.25) is 19.4 Å². The fourth-order valence-corrected chi connectivity index (χ4v) is 1.82. The van der Waals surface area contributed by atoms with E-state index in [4.69, 9.17) is 5.73 Å². The molecular weight excluding hydrogens is 208 g/mol. The van der Waals surface area contributed by atoms with E-state index in [1.54, 1.807) is 0 Å². The molecule has 0 unspecified atom stereocenters. The number of hydrogen-bond donors (Lipinski definition) is 1. The van der Waals surface area contributed by atoms with Gasteiger partial charge in [0, 0.05) is 19.1 Å². The van der Waals surface area contributed by atoms with Crippen molar-refractivity contribution in [1.82, 2.24) is 0 Å². The molecule has 0 heterocycles. The first kappa shape index (κ1) is 12.5. The van der Waals surface area contributed by atoms with Crippen LogP contribution in [0.4, 0.5) is 0 Å². The molecule has 0 aliphatic heterocycles. The number of ketones is 2. The molecule has 0 aromatic rings. The topological polar surface area (TPSA) is 89.6 Å². The van der Waals surface area contributed by atoms with Gasteiger partial charge in [-0.2, -0.15) is 0 Å². The van der Waals surface area contributed by atoms with Crippen LogP contribution in [-0.4, -0.2) is 30.2 Å². The maximum Gasteiger partial charge on any atom is 0.239 e. The average molecular weight is 224 g/mol. The fraction of sp³-hybridized carbons (Fsp3) is 0.636. The molecule has 0 spiro atoms. The molecule has 5 nitrogen and oxygen atoms in total. The average Bonchev–Trinajstić information content (AvgIpc) is 2.07. The molecule has 16 heavy (non-hydrogen) atoms. The second kappa shape index (κ2) is 4.55. The zero-order chi connectivity index (χ0) is 12.3. The molecule has 2 N–H and O–H groups in total. The second-order valence-electron chi connectivity index (χ2n) is 4.88. The SMILES string of the molecule is CC1(C)CC(=O)C(C=NCC(N)=O)C(=O)C1. The van der Waals surface area contributed by atoms with Crippen LogP contribution in [0.15, 0.2) is 4.99 Å². The van der Waals surface area contributed by atoms with Gasteiger partial charge < -0.3 is 5.73 Å². The summed E-state index contributed by atoms with van der Waals surface area (Å²) in [6.45, 7) is 3.60. The Kier molecular flexibility index (Phi) is 3.57. The van der Waals surface area contributed by atoms with Gasteiger partial charge in [0.15, 0.2) is 0 Å². The van der Waals surface area contributed by atoms with E-state index < -0.39 is 11.8 Å². The van der Waals surface area contributed by atoms with Crippen molar-refractivity contribution >= 4 is 23.7 Å². The standard InChI is InChI=1S/C11H16N2O3/c1-11(2)3-8(14)7(9(15)4-11)5-13-6-10(12)16/h5,7H,3-4,6H2,1-2H3,(H2,12,16). The summed E-state index contributed by atoms with van der Waals surface area (Å²) in [4.78, 5) is 37.5. The molecule has 1 rings (SSSR count). The molecule has 1 fully saturated rings. The molecule has 5 heteroatoms. The lowest BCUT2D eigenvalue weighted by molar-refractivity contribution is -0.136. The molecule has 1 aliphatic carbocycles. The van der Waals surface area contributed by atoms with E-state index in [-0.39, 0.29) is 23.5 Å². The van der Waals surface area contributed by atoms with E-state index in [9.17, 15) is 14.4 Å². The third kappa shape index (κ3) is 3.25. The van der Waals surface area contributed by atoms with Crippen molar-refractivity contribution in [3.05, 3.63) is 0 Å². The Balaban J connectivity index is 2.68. The minimum Gasteiger partial charge on any atom is -0.368 e. The van der Waals surface area contributed by atoms with Crippen molar-refractivity contribution in [1.29, 1.82) is 0 Å². The highest BCUT2D eigenvalue weighted by atomic mass is 16.2. The number of carbonyl (C=O) groups excluding carboxylic acids is 3. The Hall–Kier alpha value is -1.52. The van der Waals surface area contributed by atoms with Crippen LogP contribution in [0.1, 0.15) is 26.7 Å². The molecule has 1 aliphatic rings. The van der Waals surface area contributed by atoms with Gasteiger partial charge in [-0.05, 0) is 5.41 Å². The number of nitrogens with zero attached hydrogens (tertiary/aromatic N) is 1. The number of hydrogen-bond acceptors (Lipinski definition) is 4. The van der Waals surface area contributed by atoms with Crippen molar-refractivity contribution in [3.63, 3.8) is 0 Å². The summed E-state index contributed by atoms with van der Waals surface area (Å²) in [5.41, 5.74) is 4.64. The number of amides is 1. The molecule has 0 aromatic heterocycles. The Morgan fingerprint density at radius 2 is 1.94 bits per heavy atom. The molecule has 1 saturated carbocycles. The second-order valence-corrected chi connectivity index (χ2v) is 4.88. The van der Waals surface area contributed by atoms with E-state index in [0.29, 0.717) is 12.8 Å². The van der Waals surface area contributed by atoms with Crippen LogP contribution in [0.3, 0.4) is 0 Å². The predicted molar refractivity (Wildman–Crippen MR) is 59.1 cm³/mol. The van der Waals surface area contributed by atoms with Gasteiger partial charge in [-0.1, -0.05) is 13.8 Å². The Morgan fingerprint density at radius 3 is 2.38 bits per heavy atom. The molecule has 0 aromatic carbocycles. The van der Waals surface area contributed by atoms with E-state index in [0.717, 1.165) is 0 Å². The maximum atomic E-state index is 11.7. The van der Waals surface area contributed by atoms with Crippen LogP contribution < -0.4 is 5.73 Å². The first-order valence-corrected chi connectivity index (χ1v) is 5.15. The summed E-state index contributed by atoms with van der Waals surface area (Å²) in [6, 6.07) is 0. The first-order valence-electron chi connectivity index (χ1n) is 5.15. The van der Waals surface area contributed by atoms with E-state index in [1.165, 1.54) is 6.21 Å². The lowest BCUT2D eigenvalue weighted by atomic mass is 9.72. The van der Waals surface area contributed by atoms with Crippen LogP contribution in [0, 0.1) is 11.3 Å². The van der Waals surface area contributed by atoms with Gasteiger partial charge >= 0.3 is 0 Å². The van der Waals surface area contributed by atoms with Crippen molar-refractivity contribution in [2.75, 3.05) is 6.54 Å². The summed E-state index contributed by atoms with van der Waals surface area (Å²) in [5, 5.41) is 0. The van der Waals surface area contributed by atoms with Gasteiger partial charge in [-0.15, -0.1) is 0 Å². The van der Waals surface area contributed by atoms with Gasteiger partial charge in [0.1, 0.15) is 24.0 Å². The van der Waals surface area contributed by atoms with E-state index in [1.807, 2.05) is 13.8 Å². The third-order valence-corrected chi connectivity index (χ3v) is 2.50. The van der Waals surface area contributed by atoms with Gasteiger partial charge in [-0.25, -0.2) is 0 Å². The maximum absolute atomic E-state index is 11.7. The summed E-state index contributed by atoms with van der Waals surface area (Å²) in [5.74, 6) is -1.62. The van der Waals surface area contributed by atoms with Crippen molar-refractivity contribution < 1.29 is 14.4 Å². The highest BCUT2D eigenvalue weighted by molar-refractivity contribution is 6.16. The highest BCUT2D eigenvalue weighted by Crippen LogP contribution is 2.33. The zero-order valence-corrected chi connectivity index (χ0v) is 9.53. The summed E-state index contributed by atoms with van der Waals surface area (Å²) < 4.78 is 0. The number of nitrogens with two attached hydrogens (primary N) is 1. The van der Waals surface area contributed by atoms with Crippen LogP contribution in [0.2, 0.25) is 0 Å². The minimum atomic E-state index is -0.785. The Labute approximate surface area is 94.1 Å². The smallest absolute Gasteiger partial charge is 0.239 e.